The van der Waals surface area contributed by atoms with E-state index in [0.29, 0.717) is 11.1 Å². The molecular weight excluding hydrogens is 277 g/mol. The number of nitrogens with zero attached hydrogens (tertiary/aromatic N) is 1. The van der Waals surface area contributed by atoms with E-state index in [4.69, 9.17) is 5.73 Å². The van der Waals surface area contributed by atoms with Gasteiger partial charge in [0, 0.05) is 11.8 Å². The summed E-state index contributed by atoms with van der Waals surface area (Å²) in [6, 6.07) is 7.04. The number of amides is 2. The Kier molecular flexibility index (Phi) is 4.13. The van der Waals surface area contributed by atoms with Crippen LogP contribution >= 0.6 is 0 Å². The lowest BCUT2D eigenvalue weighted by Gasteiger charge is -2.07. The average molecular weight is 289 g/mol. The van der Waals surface area contributed by atoms with Crippen molar-refractivity contribution < 1.29 is 19.1 Å². The van der Waals surface area contributed by atoms with Gasteiger partial charge >= 0.3 is 0 Å². The van der Waals surface area contributed by atoms with Crippen molar-refractivity contribution in [3.8, 4) is 16.9 Å². The lowest BCUT2D eigenvalue weighted by atomic mass is 10.1. The molecule has 108 valence electrons. The van der Waals surface area contributed by atoms with Gasteiger partial charge in [-0.25, -0.2) is 9.37 Å². The number of primary amides is 1. The van der Waals surface area contributed by atoms with Gasteiger partial charge in [-0.3, -0.25) is 9.59 Å². The second-order valence-electron chi connectivity index (χ2n) is 4.25. The molecule has 1 heterocycles. The molecule has 21 heavy (non-hydrogen) atoms. The van der Waals surface area contributed by atoms with E-state index >= 15 is 0 Å². The van der Waals surface area contributed by atoms with Gasteiger partial charge in [0.15, 0.2) is 5.69 Å². The summed E-state index contributed by atoms with van der Waals surface area (Å²) in [4.78, 5) is 26.1. The van der Waals surface area contributed by atoms with Gasteiger partial charge in [0.1, 0.15) is 11.6 Å². The van der Waals surface area contributed by atoms with E-state index in [1.807, 2.05) is 0 Å². The number of hydrogen-bond donors (Lipinski definition) is 3. The summed E-state index contributed by atoms with van der Waals surface area (Å²) >= 11 is 0. The van der Waals surface area contributed by atoms with Crippen LogP contribution in [0.5, 0.6) is 5.75 Å². The molecular formula is C14H12FN3O3. The number of nitrogens with two attached hydrogens (primary N) is 1. The highest BCUT2D eigenvalue weighted by Crippen LogP contribution is 2.25. The molecule has 0 atom stereocenters. The number of pyridine rings is 1. The molecule has 0 fully saturated rings. The predicted octanol–water partition coefficient (Wildman–Crippen LogP) is 0.808. The van der Waals surface area contributed by atoms with E-state index in [0.717, 1.165) is 0 Å². The van der Waals surface area contributed by atoms with Gasteiger partial charge in [-0.1, -0.05) is 12.1 Å². The van der Waals surface area contributed by atoms with Crippen molar-refractivity contribution in [3.63, 3.8) is 0 Å². The highest BCUT2D eigenvalue weighted by molar-refractivity contribution is 5.97. The molecule has 0 aliphatic carbocycles. The first-order valence-electron chi connectivity index (χ1n) is 5.99. The van der Waals surface area contributed by atoms with Crippen LogP contribution in [0.15, 0.2) is 36.5 Å². The fourth-order valence-corrected chi connectivity index (χ4v) is 1.71. The number of aromatic hydroxyl groups is 1. The largest absolute Gasteiger partial charge is 0.505 e. The van der Waals surface area contributed by atoms with Crippen LogP contribution in [0, 0.1) is 5.82 Å². The van der Waals surface area contributed by atoms with Crippen LogP contribution in [0.3, 0.4) is 0 Å². The van der Waals surface area contributed by atoms with Crippen molar-refractivity contribution in [2.24, 2.45) is 5.73 Å². The molecule has 0 spiro atoms. The van der Waals surface area contributed by atoms with Gasteiger partial charge in [0.05, 0.1) is 6.54 Å². The Morgan fingerprint density at radius 1 is 1.29 bits per heavy atom. The number of hydrogen-bond acceptors (Lipinski definition) is 4. The smallest absolute Gasteiger partial charge is 0.274 e. The highest BCUT2D eigenvalue weighted by Gasteiger charge is 2.14. The second-order valence-corrected chi connectivity index (χ2v) is 4.25. The van der Waals surface area contributed by atoms with E-state index in [-0.39, 0.29) is 18.0 Å². The summed E-state index contributed by atoms with van der Waals surface area (Å²) in [7, 11) is 0. The molecule has 7 heteroatoms. The van der Waals surface area contributed by atoms with Crippen molar-refractivity contribution in [2.45, 2.75) is 0 Å². The summed E-state index contributed by atoms with van der Waals surface area (Å²) in [5.74, 6) is -2.23. The predicted molar refractivity (Wildman–Crippen MR) is 72.8 cm³/mol. The maximum atomic E-state index is 13.1. The molecule has 1 aromatic heterocycles. The van der Waals surface area contributed by atoms with Crippen LogP contribution in [0.1, 0.15) is 10.5 Å². The van der Waals surface area contributed by atoms with Crippen molar-refractivity contribution in [2.75, 3.05) is 6.54 Å². The molecule has 0 saturated carbocycles. The molecule has 1 aromatic carbocycles. The van der Waals surface area contributed by atoms with Crippen molar-refractivity contribution in [1.29, 1.82) is 0 Å². The fraction of sp³-hybridized carbons (Fsp3) is 0.0714. The van der Waals surface area contributed by atoms with Crippen LogP contribution < -0.4 is 11.1 Å². The molecule has 6 nitrogen and oxygen atoms in total. The number of aromatic nitrogens is 1. The molecule has 2 aromatic rings. The third kappa shape index (κ3) is 3.53. The van der Waals surface area contributed by atoms with Gasteiger partial charge in [0.2, 0.25) is 5.91 Å². The number of benzene rings is 1. The molecule has 2 rings (SSSR count). The summed E-state index contributed by atoms with van der Waals surface area (Å²) < 4.78 is 13.1. The zero-order valence-corrected chi connectivity index (χ0v) is 10.8. The molecule has 0 aliphatic rings. The number of nitrogens with one attached hydrogen (secondary N) is 1. The summed E-state index contributed by atoms with van der Waals surface area (Å²) in [5.41, 5.74) is 5.63. The number of rotatable bonds is 4. The first kappa shape index (κ1) is 14.4. The van der Waals surface area contributed by atoms with Crippen LogP contribution in [0.4, 0.5) is 4.39 Å². The Morgan fingerprint density at radius 3 is 2.67 bits per heavy atom. The van der Waals surface area contributed by atoms with E-state index in [9.17, 15) is 19.1 Å². The standard InChI is InChI=1S/C14H12FN3O3/c15-10-3-1-2-8(4-10)9-5-11(19)13(17-6-9)14(21)18-7-12(16)20/h1-6,19H,7H2,(H2,16,20)(H,18,21). The molecule has 0 saturated heterocycles. The highest BCUT2D eigenvalue weighted by atomic mass is 19.1. The van der Waals surface area contributed by atoms with E-state index in [1.54, 1.807) is 6.07 Å². The lowest BCUT2D eigenvalue weighted by molar-refractivity contribution is -0.117. The molecule has 0 aliphatic heterocycles. The first-order chi connectivity index (χ1) is 9.97. The Labute approximate surface area is 119 Å². The topological polar surface area (TPSA) is 105 Å². The van der Waals surface area contributed by atoms with Crippen LogP contribution in [0.2, 0.25) is 0 Å². The lowest BCUT2D eigenvalue weighted by Crippen LogP contribution is -2.33. The molecule has 0 radical (unpaired) electrons. The summed E-state index contributed by atoms with van der Waals surface area (Å²) in [6.45, 7) is -0.356. The minimum Gasteiger partial charge on any atom is -0.505 e. The third-order valence-electron chi connectivity index (χ3n) is 2.66. The Balaban J connectivity index is 2.25. The minimum absolute atomic E-state index is 0.239. The van der Waals surface area contributed by atoms with Crippen molar-refractivity contribution >= 4 is 11.8 Å². The quantitative estimate of drug-likeness (QED) is 0.774. The fourth-order valence-electron chi connectivity index (χ4n) is 1.71. The van der Waals surface area contributed by atoms with E-state index in [2.05, 4.69) is 10.3 Å². The Morgan fingerprint density at radius 2 is 2.05 bits per heavy atom. The average Bonchev–Trinajstić information content (AvgIpc) is 2.44. The molecule has 2 amide bonds. The zero-order valence-electron chi connectivity index (χ0n) is 10.8. The molecule has 0 bridgehead atoms. The zero-order chi connectivity index (χ0) is 15.4. The van der Waals surface area contributed by atoms with Crippen LogP contribution in [-0.2, 0) is 4.79 Å². The number of carbonyl (C=O) groups is 2. The van der Waals surface area contributed by atoms with Crippen molar-refractivity contribution in [1.82, 2.24) is 10.3 Å². The molecule has 0 unspecified atom stereocenters. The number of carbonyl (C=O) groups excluding carboxylic acids is 2. The van der Waals surface area contributed by atoms with Gasteiger partial charge in [-0.05, 0) is 23.8 Å². The maximum Gasteiger partial charge on any atom is 0.274 e. The van der Waals surface area contributed by atoms with E-state index < -0.39 is 17.6 Å². The molecule has 4 N–H and O–H groups in total. The Bertz CT molecular complexity index is 704. The van der Waals surface area contributed by atoms with Gasteiger partial charge < -0.3 is 16.2 Å². The van der Waals surface area contributed by atoms with Gasteiger partial charge in [-0.2, -0.15) is 0 Å². The van der Waals surface area contributed by atoms with Crippen LogP contribution in [0.25, 0.3) is 11.1 Å². The third-order valence-corrected chi connectivity index (χ3v) is 2.66. The monoisotopic (exact) mass is 289 g/mol. The second kappa shape index (κ2) is 6.00. The Hall–Kier alpha value is -2.96. The SMILES string of the molecule is NC(=O)CNC(=O)c1ncc(-c2cccc(F)c2)cc1O. The minimum atomic E-state index is -0.725. The van der Waals surface area contributed by atoms with Gasteiger partial charge in [-0.15, -0.1) is 0 Å². The van der Waals surface area contributed by atoms with Crippen LogP contribution in [-0.4, -0.2) is 28.4 Å². The maximum absolute atomic E-state index is 13.1. The summed E-state index contributed by atoms with van der Waals surface area (Å²) in [6.07, 6.45) is 1.33. The summed E-state index contributed by atoms with van der Waals surface area (Å²) in [5, 5.41) is 12.0. The normalized spacial score (nSPS) is 10.1. The van der Waals surface area contributed by atoms with Crippen molar-refractivity contribution in [3.05, 3.63) is 48.0 Å². The number of halogens is 1. The van der Waals surface area contributed by atoms with Gasteiger partial charge in [0.25, 0.3) is 5.91 Å². The first-order valence-corrected chi connectivity index (χ1v) is 5.99. The van der Waals surface area contributed by atoms with E-state index in [1.165, 1.54) is 30.5 Å².